The van der Waals surface area contributed by atoms with E-state index in [4.69, 9.17) is 4.74 Å². The standard InChI is InChI=1S/C17H26N2O/c1-2-9-19(10-3-1)11-8-18-14-15-6-7-17-16(13-15)5-4-12-20-17/h6-7,13,18H,1-5,8-12,14H2. The molecule has 1 aromatic rings. The van der Waals surface area contributed by atoms with Gasteiger partial charge in [0.1, 0.15) is 5.75 Å². The van der Waals surface area contributed by atoms with Crippen LogP contribution >= 0.6 is 0 Å². The molecule has 2 aliphatic heterocycles. The maximum Gasteiger partial charge on any atom is 0.122 e. The minimum atomic E-state index is 0.875. The van der Waals surface area contributed by atoms with Gasteiger partial charge in [0.05, 0.1) is 6.61 Å². The average molecular weight is 274 g/mol. The number of ether oxygens (including phenoxy) is 1. The Morgan fingerprint density at radius 1 is 1.10 bits per heavy atom. The molecule has 110 valence electrons. The van der Waals surface area contributed by atoms with E-state index < -0.39 is 0 Å². The van der Waals surface area contributed by atoms with Crippen LogP contribution in [0.4, 0.5) is 0 Å². The molecule has 20 heavy (non-hydrogen) atoms. The van der Waals surface area contributed by atoms with Crippen LogP contribution in [0.2, 0.25) is 0 Å². The first-order valence-electron chi connectivity index (χ1n) is 8.09. The lowest BCUT2D eigenvalue weighted by molar-refractivity contribution is 0.229. The number of nitrogens with zero attached hydrogens (tertiary/aromatic N) is 1. The highest BCUT2D eigenvalue weighted by atomic mass is 16.5. The largest absolute Gasteiger partial charge is 0.493 e. The Morgan fingerprint density at radius 2 is 2.00 bits per heavy atom. The topological polar surface area (TPSA) is 24.5 Å². The van der Waals surface area contributed by atoms with Crippen molar-refractivity contribution in [3.05, 3.63) is 29.3 Å². The number of hydrogen-bond donors (Lipinski definition) is 1. The van der Waals surface area contributed by atoms with E-state index in [1.165, 1.54) is 50.0 Å². The van der Waals surface area contributed by atoms with Crippen LogP contribution in [0.15, 0.2) is 18.2 Å². The molecule has 0 unspecified atom stereocenters. The Bertz CT molecular complexity index is 427. The van der Waals surface area contributed by atoms with E-state index in [0.29, 0.717) is 0 Å². The molecule has 0 amide bonds. The van der Waals surface area contributed by atoms with Crippen LogP contribution in [0.25, 0.3) is 0 Å². The second-order valence-electron chi connectivity index (χ2n) is 5.97. The van der Waals surface area contributed by atoms with Crippen LogP contribution in [0.1, 0.15) is 36.8 Å². The fraction of sp³-hybridized carbons (Fsp3) is 0.647. The van der Waals surface area contributed by atoms with E-state index in [1.807, 2.05) is 0 Å². The molecule has 2 aliphatic rings. The zero-order valence-electron chi connectivity index (χ0n) is 12.4. The fourth-order valence-corrected chi connectivity index (χ4v) is 3.18. The number of likely N-dealkylation sites (tertiary alicyclic amines) is 1. The van der Waals surface area contributed by atoms with Crippen molar-refractivity contribution in [1.82, 2.24) is 10.2 Å². The maximum atomic E-state index is 5.66. The summed E-state index contributed by atoms with van der Waals surface area (Å²) in [5.41, 5.74) is 2.76. The lowest BCUT2D eigenvalue weighted by atomic mass is 10.0. The smallest absolute Gasteiger partial charge is 0.122 e. The van der Waals surface area contributed by atoms with Crippen molar-refractivity contribution in [2.45, 2.75) is 38.6 Å². The minimum Gasteiger partial charge on any atom is -0.493 e. The predicted octanol–water partition coefficient (Wildman–Crippen LogP) is 2.59. The Morgan fingerprint density at radius 3 is 2.90 bits per heavy atom. The number of aryl methyl sites for hydroxylation is 1. The van der Waals surface area contributed by atoms with Crippen molar-refractivity contribution >= 4 is 0 Å². The normalized spacial score (nSPS) is 19.4. The van der Waals surface area contributed by atoms with Crippen molar-refractivity contribution in [3.63, 3.8) is 0 Å². The molecule has 1 saturated heterocycles. The van der Waals surface area contributed by atoms with Crippen molar-refractivity contribution < 1.29 is 4.74 Å². The molecular formula is C17H26N2O. The molecule has 0 aromatic heterocycles. The van der Waals surface area contributed by atoms with Crippen molar-refractivity contribution in [1.29, 1.82) is 0 Å². The summed E-state index contributed by atoms with van der Waals surface area (Å²) >= 11 is 0. The van der Waals surface area contributed by atoms with Gasteiger partial charge in [-0.15, -0.1) is 0 Å². The average Bonchev–Trinajstić information content (AvgIpc) is 2.52. The highest BCUT2D eigenvalue weighted by molar-refractivity contribution is 5.38. The third-order valence-corrected chi connectivity index (χ3v) is 4.36. The Kier molecular flexibility index (Phi) is 4.93. The van der Waals surface area contributed by atoms with Gasteiger partial charge in [0.15, 0.2) is 0 Å². The van der Waals surface area contributed by atoms with Gasteiger partial charge in [-0.2, -0.15) is 0 Å². The summed E-state index contributed by atoms with van der Waals surface area (Å²) in [7, 11) is 0. The summed E-state index contributed by atoms with van der Waals surface area (Å²) in [5, 5.41) is 3.57. The molecule has 1 N–H and O–H groups in total. The van der Waals surface area contributed by atoms with Gasteiger partial charge in [0.2, 0.25) is 0 Å². The third kappa shape index (κ3) is 3.74. The molecule has 3 rings (SSSR count). The molecule has 0 radical (unpaired) electrons. The highest BCUT2D eigenvalue weighted by Crippen LogP contribution is 2.25. The molecule has 0 atom stereocenters. The summed E-state index contributed by atoms with van der Waals surface area (Å²) in [6, 6.07) is 6.64. The first-order chi connectivity index (χ1) is 9.92. The zero-order chi connectivity index (χ0) is 13.6. The van der Waals surface area contributed by atoms with E-state index in [2.05, 4.69) is 28.4 Å². The summed E-state index contributed by atoms with van der Waals surface area (Å²) in [4.78, 5) is 2.58. The van der Waals surface area contributed by atoms with Crippen LogP contribution in [0.3, 0.4) is 0 Å². The summed E-state index contributed by atoms with van der Waals surface area (Å²) < 4.78 is 5.66. The summed E-state index contributed by atoms with van der Waals surface area (Å²) in [5.74, 6) is 1.09. The van der Waals surface area contributed by atoms with E-state index in [1.54, 1.807) is 0 Å². The van der Waals surface area contributed by atoms with Gasteiger partial charge in [0.25, 0.3) is 0 Å². The predicted molar refractivity (Wildman–Crippen MR) is 82.3 cm³/mol. The first-order valence-corrected chi connectivity index (χ1v) is 8.09. The van der Waals surface area contributed by atoms with Gasteiger partial charge in [-0.25, -0.2) is 0 Å². The second-order valence-corrected chi connectivity index (χ2v) is 5.97. The number of fused-ring (bicyclic) bond motifs is 1. The molecule has 2 heterocycles. The second kappa shape index (κ2) is 7.09. The Labute approximate surface area is 122 Å². The number of rotatable bonds is 5. The highest BCUT2D eigenvalue weighted by Gasteiger charge is 2.11. The molecular weight excluding hydrogens is 248 g/mol. The quantitative estimate of drug-likeness (QED) is 0.835. The molecule has 3 heteroatoms. The van der Waals surface area contributed by atoms with E-state index in [9.17, 15) is 0 Å². The van der Waals surface area contributed by atoms with E-state index >= 15 is 0 Å². The van der Waals surface area contributed by atoms with Gasteiger partial charge in [-0.3, -0.25) is 0 Å². The first kappa shape index (κ1) is 13.9. The summed E-state index contributed by atoms with van der Waals surface area (Å²) in [6.07, 6.45) is 6.49. The zero-order valence-corrected chi connectivity index (χ0v) is 12.4. The number of benzene rings is 1. The van der Waals surface area contributed by atoms with Gasteiger partial charge >= 0.3 is 0 Å². The molecule has 0 spiro atoms. The van der Waals surface area contributed by atoms with Crippen LogP contribution in [-0.2, 0) is 13.0 Å². The summed E-state index contributed by atoms with van der Waals surface area (Å²) in [6.45, 7) is 6.71. The molecule has 1 aromatic carbocycles. The van der Waals surface area contributed by atoms with Crippen LogP contribution in [0.5, 0.6) is 5.75 Å². The van der Waals surface area contributed by atoms with Crippen LogP contribution in [0, 0.1) is 0 Å². The van der Waals surface area contributed by atoms with Crippen molar-refractivity contribution in [2.24, 2.45) is 0 Å². The lowest BCUT2D eigenvalue weighted by Crippen LogP contribution is -2.35. The van der Waals surface area contributed by atoms with E-state index in [-0.39, 0.29) is 0 Å². The van der Waals surface area contributed by atoms with Crippen molar-refractivity contribution in [3.8, 4) is 5.75 Å². The number of hydrogen-bond acceptors (Lipinski definition) is 3. The number of piperidine rings is 1. The number of nitrogens with one attached hydrogen (secondary N) is 1. The molecule has 1 fully saturated rings. The van der Waals surface area contributed by atoms with Gasteiger partial charge in [-0.05, 0) is 56.0 Å². The molecule has 3 nitrogen and oxygen atoms in total. The van der Waals surface area contributed by atoms with Crippen LogP contribution < -0.4 is 10.1 Å². The maximum absolute atomic E-state index is 5.66. The molecule has 0 aliphatic carbocycles. The van der Waals surface area contributed by atoms with E-state index in [0.717, 1.165) is 38.3 Å². The lowest BCUT2D eigenvalue weighted by Gasteiger charge is -2.26. The van der Waals surface area contributed by atoms with Gasteiger partial charge < -0.3 is 15.0 Å². The fourth-order valence-electron chi connectivity index (χ4n) is 3.18. The third-order valence-electron chi connectivity index (χ3n) is 4.36. The SMILES string of the molecule is c1cc2c(cc1CNCCN1CCCCC1)CCCO2. The van der Waals surface area contributed by atoms with Gasteiger partial charge in [-0.1, -0.05) is 18.6 Å². The Hall–Kier alpha value is -1.06. The molecule has 0 bridgehead atoms. The molecule has 0 saturated carbocycles. The van der Waals surface area contributed by atoms with Gasteiger partial charge in [0, 0.05) is 19.6 Å². The Balaban J connectivity index is 1.41. The minimum absolute atomic E-state index is 0.875. The monoisotopic (exact) mass is 274 g/mol. The van der Waals surface area contributed by atoms with Crippen molar-refractivity contribution in [2.75, 3.05) is 32.8 Å². The van der Waals surface area contributed by atoms with Crippen LogP contribution in [-0.4, -0.2) is 37.7 Å².